The maximum absolute atomic E-state index is 11.5. The Morgan fingerprint density at radius 1 is 1.35 bits per heavy atom. The third-order valence-corrected chi connectivity index (χ3v) is 1.87. The summed E-state index contributed by atoms with van der Waals surface area (Å²) in [5, 5.41) is 2.47. The summed E-state index contributed by atoms with van der Waals surface area (Å²) in [7, 11) is 1.27. The lowest BCUT2D eigenvalue weighted by atomic mass is 10.1. The van der Waals surface area contributed by atoms with E-state index in [0.717, 1.165) is 0 Å². The molecule has 0 rings (SSSR count). The first-order chi connectivity index (χ1) is 7.80. The first-order valence-corrected chi connectivity index (χ1v) is 5.57. The highest BCUT2D eigenvalue weighted by Gasteiger charge is 2.24. The van der Waals surface area contributed by atoms with Gasteiger partial charge in [0.2, 0.25) is 0 Å². The van der Waals surface area contributed by atoms with E-state index in [9.17, 15) is 9.59 Å². The van der Waals surface area contributed by atoms with Crippen LogP contribution in [0.3, 0.4) is 0 Å². The largest absolute Gasteiger partial charge is 0.467 e. The van der Waals surface area contributed by atoms with E-state index in [1.807, 2.05) is 0 Å². The van der Waals surface area contributed by atoms with Crippen molar-refractivity contribution in [1.29, 1.82) is 0 Å². The summed E-state index contributed by atoms with van der Waals surface area (Å²) in [5.41, 5.74) is 4.76. The molecule has 0 spiro atoms. The molecule has 0 unspecified atom stereocenters. The molecule has 3 N–H and O–H groups in total. The molecule has 1 amide bonds. The number of carbonyl (C=O) groups excluding carboxylic acids is 2. The molecule has 0 aromatic carbocycles. The summed E-state index contributed by atoms with van der Waals surface area (Å²) in [6, 6.07) is -0.710. The molecule has 0 heterocycles. The van der Waals surface area contributed by atoms with Crippen molar-refractivity contribution >= 4 is 12.1 Å². The number of methoxy groups -OCH3 is 1. The number of hydrogen-bond donors (Lipinski definition) is 2. The third kappa shape index (κ3) is 7.57. The van der Waals surface area contributed by atoms with Crippen LogP contribution in [0.5, 0.6) is 0 Å². The van der Waals surface area contributed by atoms with Crippen molar-refractivity contribution in [2.24, 2.45) is 5.73 Å². The summed E-state index contributed by atoms with van der Waals surface area (Å²) in [4.78, 5) is 22.9. The Labute approximate surface area is 102 Å². The SMILES string of the molecule is COC(=O)[C@@H](CCCN)NC(=O)OC(C)(C)C. The van der Waals surface area contributed by atoms with Crippen molar-refractivity contribution in [3.8, 4) is 0 Å². The Hall–Kier alpha value is -1.30. The van der Waals surface area contributed by atoms with Crippen LogP contribution in [-0.4, -0.2) is 37.4 Å². The van der Waals surface area contributed by atoms with Crippen molar-refractivity contribution in [2.45, 2.75) is 45.3 Å². The van der Waals surface area contributed by atoms with Gasteiger partial charge in [0.05, 0.1) is 7.11 Å². The molecule has 17 heavy (non-hydrogen) atoms. The predicted molar refractivity (Wildman–Crippen MR) is 63.5 cm³/mol. The van der Waals surface area contributed by atoms with Gasteiger partial charge in [-0.15, -0.1) is 0 Å². The summed E-state index contributed by atoms with van der Waals surface area (Å²) in [6.45, 7) is 5.70. The molecule has 0 bridgehead atoms. The number of amides is 1. The van der Waals surface area contributed by atoms with Crippen LogP contribution in [0, 0.1) is 0 Å². The van der Waals surface area contributed by atoms with E-state index in [4.69, 9.17) is 10.5 Å². The number of esters is 1. The molecule has 6 nitrogen and oxygen atoms in total. The molecule has 0 aliphatic heterocycles. The summed E-state index contributed by atoms with van der Waals surface area (Å²) in [5.74, 6) is -0.496. The van der Waals surface area contributed by atoms with Gasteiger partial charge in [0.15, 0.2) is 0 Å². The number of nitrogens with one attached hydrogen (secondary N) is 1. The molecule has 0 aromatic heterocycles. The van der Waals surface area contributed by atoms with E-state index in [1.165, 1.54) is 7.11 Å². The number of rotatable bonds is 5. The minimum absolute atomic E-state index is 0.433. The number of alkyl carbamates (subject to hydrolysis) is 1. The first kappa shape index (κ1) is 15.7. The number of nitrogens with two attached hydrogens (primary N) is 1. The normalized spacial score (nSPS) is 12.8. The molecule has 0 saturated heterocycles. The molecule has 1 atom stereocenters. The summed E-state index contributed by atoms with van der Waals surface area (Å²) >= 11 is 0. The minimum Gasteiger partial charge on any atom is -0.467 e. The highest BCUT2D eigenvalue weighted by molar-refractivity contribution is 5.81. The van der Waals surface area contributed by atoms with Crippen LogP contribution in [0.25, 0.3) is 0 Å². The van der Waals surface area contributed by atoms with Crippen LogP contribution in [0.2, 0.25) is 0 Å². The van der Waals surface area contributed by atoms with Crippen LogP contribution in [-0.2, 0) is 14.3 Å². The highest BCUT2D eigenvalue weighted by atomic mass is 16.6. The Morgan fingerprint density at radius 3 is 2.35 bits per heavy atom. The van der Waals surface area contributed by atoms with Crippen molar-refractivity contribution in [3.63, 3.8) is 0 Å². The molecule has 0 aliphatic carbocycles. The molecule has 0 saturated carbocycles. The van der Waals surface area contributed by atoms with Gasteiger partial charge in [0, 0.05) is 0 Å². The van der Waals surface area contributed by atoms with Gasteiger partial charge in [-0.25, -0.2) is 9.59 Å². The lowest BCUT2D eigenvalue weighted by Crippen LogP contribution is -2.44. The van der Waals surface area contributed by atoms with Crippen LogP contribution in [0.1, 0.15) is 33.6 Å². The van der Waals surface area contributed by atoms with Crippen molar-refractivity contribution in [1.82, 2.24) is 5.32 Å². The van der Waals surface area contributed by atoms with Gasteiger partial charge in [0.1, 0.15) is 11.6 Å². The monoisotopic (exact) mass is 246 g/mol. The Kier molecular flexibility index (Phi) is 6.57. The molecular formula is C11H22N2O4. The fraction of sp³-hybridized carbons (Fsp3) is 0.818. The Bertz CT molecular complexity index is 261. The van der Waals surface area contributed by atoms with E-state index in [2.05, 4.69) is 10.1 Å². The minimum atomic E-state index is -0.710. The average molecular weight is 246 g/mol. The van der Waals surface area contributed by atoms with Crippen molar-refractivity contribution < 1.29 is 19.1 Å². The second kappa shape index (κ2) is 7.11. The van der Waals surface area contributed by atoms with E-state index in [1.54, 1.807) is 20.8 Å². The van der Waals surface area contributed by atoms with E-state index >= 15 is 0 Å². The highest BCUT2D eigenvalue weighted by Crippen LogP contribution is 2.08. The number of hydrogen-bond acceptors (Lipinski definition) is 5. The lowest BCUT2D eigenvalue weighted by molar-refractivity contribution is -0.143. The average Bonchev–Trinajstić information content (AvgIpc) is 2.20. The fourth-order valence-electron chi connectivity index (χ4n) is 1.16. The van der Waals surface area contributed by atoms with Crippen molar-refractivity contribution in [3.05, 3.63) is 0 Å². The molecule has 0 aliphatic rings. The molecular weight excluding hydrogens is 224 g/mol. The lowest BCUT2D eigenvalue weighted by Gasteiger charge is -2.22. The summed E-state index contributed by atoms with van der Waals surface area (Å²) in [6.07, 6.45) is 0.419. The molecule has 0 fully saturated rings. The van der Waals surface area contributed by atoms with Gasteiger partial charge in [-0.1, -0.05) is 0 Å². The standard InChI is InChI=1S/C11H22N2O4/c1-11(2,3)17-10(15)13-8(6-5-7-12)9(14)16-4/h8H,5-7,12H2,1-4H3,(H,13,15)/t8-/m1/s1. The Balaban J connectivity index is 4.32. The second-order valence-electron chi connectivity index (χ2n) is 4.65. The van der Waals surface area contributed by atoms with Gasteiger partial charge in [-0.05, 0) is 40.2 Å². The first-order valence-electron chi connectivity index (χ1n) is 5.57. The van der Waals surface area contributed by atoms with Crippen LogP contribution in [0.15, 0.2) is 0 Å². The van der Waals surface area contributed by atoms with Crippen LogP contribution in [0.4, 0.5) is 4.79 Å². The number of ether oxygens (including phenoxy) is 2. The molecule has 6 heteroatoms. The second-order valence-corrected chi connectivity index (χ2v) is 4.65. The van der Waals surface area contributed by atoms with Gasteiger partial charge in [-0.3, -0.25) is 0 Å². The maximum Gasteiger partial charge on any atom is 0.408 e. The zero-order valence-electron chi connectivity index (χ0n) is 10.9. The molecule has 0 radical (unpaired) electrons. The van der Waals surface area contributed by atoms with Crippen LogP contribution < -0.4 is 11.1 Å². The van der Waals surface area contributed by atoms with Gasteiger partial charge in [0.25, 0.3) is 0 Å². The molecule has 0 aromatic rings. The Morgan fingerprint density at radius 2 is 1.94 bits per heavy atom. The van der Waals surface area contributed by atoms with Crippen molar-refractivity contribution in [2.75, 3.05) is 13.7 Å². The smallest absolute Gasteiger partial charge is 0.408 e. The van der Waals surface area contributed by atoms with Gasteiger partial charge >= 0.3 is 12.1 Å². The zero-order valence-corrected chi connectivity index (χ0v) is 10.9. The van der Waals surface area contributed by atoms with Gasteiger partial charge < -0.3 is 20.5 Å². The molecule has 100 valence electrons. The van der Waals surface area contributed by atoms with E-state index in [-0.39, 0.29) is 0 Å². The third-order valence-electron chi connectivity index (χ3n) is 1.87. The maximum atomic E-state index is 11.5. The summed E-state index contributed by atoms with van der Waals surface area (Å²) < 4.78 is 9.64. The fourth-order valence-corrected chi connectivity index (χ4v) is 1.16. The predicted octanol–water partition coefficient (Wildman–Crippen LogP) is 0.792. The zero-order chi connectivity index (χ0) is 13.5. The van der Waals surface area contributed by atoms with Gasteiger partial charge in [-0.2, -0.15) is 0 Å². The quantitative estimate of drug-likeness (QED) is 0.700. The van der Waals surface area contributed by atoms with E-state index < -0.39 is 23.7 Å². The topological polar surface area (TPSA) is 90.6 Å². The van der Waals surface area contributed by atoms with E-state index in [0.29, 0.717) is 19.4 Å². The van der Waals surface area contributed by atoms with Crippen LogP contribution >= 0.6 is 0 Å². The number of carbonyl (C=O) groups is 2.